The number of carbonyl (C=O) groups excluding carboxylic acids is 2. The zero-order valence-corrected chi connectivity index (χ0v) is 18.1. The van der Waals surface area contributed by atoms with Crippen LogP contribution in [0.2, 0.25) is 0 Å². The van der Waals surface area contributed by atoms with Gasteiger partial charge in [-0.2, -0.15) is 0 Å². The van der Waals surface area contributed by atoms with E-state index in [2.05, 4.69) is 15.5 Å². The van der Waals surface area contributed by atoms with Gasteiger partial charge in [0.15, 0.2) is 0 Å². The first-order valence-corrected chi connectivity index (χ1v) is 11.4. The molecule has 2 N–H and O–H groups in total. The molecule has 2 fully saturated rings. The van der Waals surface area contributed by atoms with Gasteiger partial charge in [0.1, 0.15) is 12.4 Å². The number of carbonyl (C=O) groups is 2. The van der Waals surface area contributed by atoms with Crippen LogP contribution in [-0.4, -0.2) is 35.5 Å². The molecule has 7 nitrogen and oxygen atoms in total. The Labute approximate surface area is 186 Å². The molecule has 2 aromatic rings. The Bertz CT molecular complexity index is 1040. The van der Waals surface area contributed by atoms with Gasteiger partial charge in [0.2, 0.25) is 5.91 Å². The summed E-state index contributed by atoms with van der Waals surface area (Å²) >= 11 is 0. The van der Waals surface area contributed by atoms with Crippen molar-refractivity contribution in [2.45, 2.75) is 57.5 Å². The van der Waals surface area contributed by atoms with Crippen LogP contribution in [0.25, 0.3) is 0 Å². The number of aromatic nitrogens is 1. The SMILES string of the molecule is O=C(Cn1cc(C(=O)NC2CCCCC2)ccc1=O)Nc1cc(F)ccc1N1CCCC1. The number of amides is 2. The van der Waals surface area contributed by atoms with E-state index in [1.165, 1.54) is 41.5 Å². The molecule has 1 aromatic heterocycles. The predicted molar refractivity (Wildman–Crippen MR) is 122 cm³/mol. The molecule has 0 atom stereocenters. The highest BCUT2D eigenvalue weighted by atomic mass is 19.1. The zero-order chi connectivity index (χ0) is 22.5. The first kappa shape index (κ1) is 22.0. The minimum absolute atomic E-state index is 0.150. The van der Waals surface area contributed by atoms with Crippen molar-refractivity contribution >= 4 is 23.2 Å². The van der Waals surface area contributed by atoms with Crippen LogP contribution in [0.5, 0.6) is 0 Å². The van der Waals surface area contributed by atoms with E-state index in [-0.39, 0.29) is 24.1 Å². The van der Waals surface area contributed by atoms with Gasteiger partial charge in [-0.25, -0.2) is 4.39 Å². The number of halogens is 1. The molecule has 1 aromatic carbocycles. The lowest BCUT2D eigenvalue weighted by Gasteiger charge is -2.23. The highest BCUT2D eigenvalue weighted by molar-refractivity contribution is 5.95. The van der Waals surface area contributed by atoms with E-state index in [4.69, 9.17) is 0 Å². The summed E-state index contributed by atoms with van der Waals surface area (Å²) in [7, 11) is 0. The summed E-state index contributed by atoms with van der Waals surface area (Å²) in [4.78, 5) is 39.7. The molecule has 32 heavy (non-hydrogen) atoms. The average Bonchev–Trinajstić information content (AvgIpc) is 3.30. The van der Waals surface area contributed by atoms with Gasteiger partial charge in [-0.05, 0) is 49.9 Å². The molecule has 2 aliphatic rings. The number of nitrogens with one attached hydrogen (secondary N) is 2. The van der Waals surface area contributed by atoms with Gasteiger partial charge in [-0.15, -0.1) is 0 Å². The fourth-order valence-corrected chi connectivity index (χ4v) is 4.49. The van der Waals surface area contributed by atoms with Crippen LogP contribution in [0.1, 0.15) is 55.3 Å². The van der Waals surface area contributed by atoms with Crippen LogP contribution >= 0.6 is 0 Å². The molecule has 0 spiro atoms. The molecule has 170 valence electrons. The highest BCUT2D eigenvalue weighted by Gasteiger charge is 2.19. The highest BCUT2D eigenvalue weighted by Crippen LogP contribution is 2.29. The summed E-state index contributed by atoms with van der Waals surface area (Å²) in [5.41, 5.74) is 1.11. The van der Waals surface area contributed by atoms with Crippen molar-refractivity contribution in [3.05, 3.63) is 58.3 Å². The van der Waals surface area contributed by atoms with Crippen molar-refractivity contribution in [2.24, 2.45) is 0 Å². The van der Waals surface area contributed by atoms with Crippen LogP contribution in [0.3, 0.4) is 0 Å². The third kappa shape index (κ3) is 5.36. The Morgan fingerprint density at radius 3 is 2.50 bits per heavy atom. The fraction of sp³-hybridized carbons (Fsp3) is 0.458. The molecule has 2 amide bonds. The van der Waals surface area contributed by atoms with Crippen LogP contribution in [0.15, 0.2) is 41.3 Å². The van der Waals surface area contributed by atoms with E-state index < -0.39 is 11.7 Å². The zero-order valence-electron chi connectivity index (χ0n) is 18.1. The smallest absolute Gasteiger partial charge is 0.252 e. The molecular weight excluding hydrogens is 411 g/mol. The number of hydrogen-bond acceptors (Lipinski definition) is 4. The molecule has 1 saturated carbocycles. The first-order valence-electron chi connectivity index (χ1n) is 11.4. The lowest BCUT2D eigenvalue weighted by molar-refractivity contribution is -0.116. The largest absolute Gasteiger partial charge is 0.370 e. The van der Waals surface area contributed by atoms with E-state index in [0.717, 1.165) is 57.3 Å². The minimum atomic E-state index is -0.456. The van der Waals surface area contributed by atoms with Crippen LogP contribution in [0, 0.1) is 5.82 Å². The summed E-state index contributed by atoms with van der Waals surface area (Å²) in [6.07, 6.45) is 8.83. The molecule has 1 aliphatic heterocycles. The summed E-state index contributed by atoms with van der Waals surface area (Å²) in [5, 5.41) is 5.76. The second kappa shape index (κ2) is 9.97. The molecule has 1 aliphatic carbocycles. The number of hydrogen-bond donors (Lipinski definition) is 2. The third-order valence-corrected chi connectivity index (χ3v) is 6.18. The maximum Gasteiger partial charge on any atom is 0.252 e. The van der Waals surface area contributed by atoms with Gasteiger partial charge in [-0.3, -0.25) is 14.4 Å². The molecule has 8 heteroatoms. The Hall–Kier alpha value is -3.16. The van der Waals surface area contributed by atoms with Gasteiger partial charge in [-0.1, -0.05) is 19.3 Å². The lowest BCUT2D eigenvalue weighted by atomic mass is 9.95. The Morgan fingerprint density at radius 1 is 1.00 bits per heavy atom. The Balaban J connectivity index is 1.45. The van der Waals surface area contributed by atoms with Crippen molar-refractivity contribution in [1.82, 2.24) is 9.88 Å². The number of benzene rings is 1. The molecule has 0 radical (unpaired) electrons. The molecule has 2 heterocycles. The topological polar surface area (TPSA) is 83.4 Å². The minimum Gasteiger partial charge on any atom is -0.370 e. The third-order valence-electron chi connectivity index (χ3n) is 6.18. The molecule has 4 rings (SSSR count). The second-order valence-electron chi connectivity index (χ2n) is 8.60. The van der Waals surface area contributed by atoms with Crippen LogP contribution in [-0.2, 0) is 11.3 Å². The average molecular weight is 441 g/mol. The quantitative estimate of drug-likeness (QED) is 0.722. The first-order chi connectivity index (χ1) is 15.5. The van der Waals surface area contributed by atoms with Crippen molar-refractivity contribution < 1.29 is 14.0 Å². The van der Waals surface area contributed by atoms with E-state index >= 15 is 0 Å². The van der Waals surface area contributed by atoms with Gasteiger partial charge < -0.3 is 20.1 Å². The summed E-state index contributed by atoms with van der Waals surface area (Å²) in [5.74, 6) is -1.14. The van der Waals surface area contributed by atoms with Crippen molar-refractivity contribution in [3.8, 4) is 0 Å². The molecule has 0 unspecified atom stereocenters. The van der Waals surface area contributed by atoms with Crippen LogP contribution < -0.4 is 21.1 Å². The molecular formula is C24H29FN4O3. The number of anilines is 2. The van der Waals surface area contributed by atoms with E-state index in [0.29, 0.717) is 11.3 Å². The lowest BCUT2D eigenvalue weighted by Crippen LogP contribution is -2.37. The predicted octanol–water partition coefficient (Wildman–Crippen LogP) is 3.29. The fourth-order valence-electron chi connectivity index (χ4n) is 4.49. The van der Waals surface area contributed by atoms with Crippen molar-refractivity contribution in [2.75, 3.05) is 23.3 Å². The van der Waals surface area contributed by atoms with Gasteiger partial charge in [0.25, 0.3) is 11.5 Å². The normalized spacial score (nSPS) is 16.7. The van der Waals surface area contributed by atoms with Gasteiger partial charge in [0.05, 0.1) is 16.9 Å². The van der Waals surface area contributed by atoms with Crippen molar-refractivity contribution in [1.29, 1.82) is 0 Å². The summed E-state index contributed by atoms with van der Waals surface area (Å²) in [6, 6.07) is 7.26. The molecule has 0 bridgehead atoms. The maximum atomic E-state index is 13.8. The van der Waals surface area contributed by atoms with Crippen molar-refractivity contribution in [3.63, 3.8) is 0 Å². The molecule has 1 saturated heterocycles. The summed E-state index contributed by atoms with van der Waals surface area (Å²) < 4.78 is 15.0. The maximum absolute atomic E-state index is 13.8. The van der Waals surface area contributed by atoms with E-state index in [1.54, 1.807) is 6.07 Å². The standard InChI is InChI=1S/C24H29FN4O3/c25-18-9-10-21(28-12-4-5-13-28)20(14-18)27-22(30)16-29-15-17(8-11-23(29)31)24(32)26-19-6-2-1-3-7-19/h8-11,14-15,19H,1-7,12-13,16H2,(H,26,32)(H,27,30). The Morgan fingerprint density at radius 2 is 1.75 bits per heavy atom. The van der Waals surface area contributed by atoms with Gasteiger partial charge in [0, 0.05) is 31.4 Å². The van der Waals surface area contributed by atoms with Gasteiger partial charge >= 0.3 is 0 Å². The number of pyridine rings is 1. The van der Waals surface area contributed by atoms with E-state index in [9.17, 15) is 18.8 Å². The van der Waals surface area contributed by atoms with Crippen LogP contribution in [0.4, 0.5) is 15.8 Å². The number of rotatable bonds is 6. The van der Waals surface area contributed by atoms with E-state index in [1.807, 2.05) is 0 Å². The monoisotopic (exact) mass is 440 g/mol. The Kier molecular flexibility index (Phi) is 6.87. The number of nitrogens with zero attached hydrogens (tertiary/aromatic N) is 2. The summed E-state index contributed by atoms with van der Waals surface area (Å²) in [6.45, 7) is 1.44. The second-order valence-corrected chi connectivity index (χ2v) is 8.60.